The minimum absolute atomic E-state index is 0.0400. The van der Waals surface area contributed by atoms with Crippen molar-refractivity contribution < 1.29 is 19.2 Å². The Morgan fingerprint density at radius 2 is 2.14 bits per heavy atom. The number of thiophene rings is 2. The Morgan fingerprint density at radius 1 is 1.24 bits per heavy atom. The molecule has 4 heterocycles. The lowest BCUT2D eigenvalue weighted by Gasteiger charge is -2.27. The van der Waals surface area contributed by atoms with Crippen LogP contribution in [0.5, 0.6) is 5.75 Å². The lowest BCUT2D eigenvalue weighted by atomic mass is 10.0. The molecule has 2 aromatic heterocycles. The molecule has 3 aromatic rings. The number of anilines is 1. The van der Waals surface area contributed by atoms with Crippen LogP contribution >= 0.6 is 22.7 Å². The largest absolute Gasteiger partial charge is 0.422 e. The van der Waals surface area contributed by atoms with Crippen LogP contribution in [0.3, 0.4) is 0 Å². The highest BCUT2D eigenvalue weighted by Crippen LogP contribution is 2.39. The molecule has 0 saturated heterocycles. The number of fused-ring (bicyclic) bond motifs is 3. The minimum Gasteiger partial charge on any atom is -0.422 e. The fourth-order valence-corrected chi connectivity index (χ4v) is 5.79. The number of nitrogens with one attached hydrogen (secondary N) is 3. The molecule has 0 spiro atoms. The lowest BCUT2D eigenvalue weighted by Crippen LogP contribution is -3.08. The van der Waals surface area contributed by atoms with Crippen molar-refractivity contribution in [2.24, 2.45) is 0 Å². The zero-order valence-corrected chi connectivity index (χ0v) is 17.4. The molecule has 0 saturated carbocycles. The summed E-state index contributed by atoms with van der Waals surface area (Å²) in [5, 5.41) is 9.29. The van der Waals surface area contributed by atoms with Crippen LogP contribution in [0, 0.1) is 0 Å². The summed E-state index contributed by atoms with van der Waals surface area (Å²) >= 11 is 3.02. The second-order valence-electron chi connectivity index (χ2n) is 7.33. The number of quaternary nitrogens is 1. The molecule has 29 heavy (non-hydrogen) atoms. The van der Waals surface area contributed by atoms with E-state index in [-0.39, 0.29) is 18.0 Å². The molecule has 148 valence electrons. The van der Waals surface area contributed by atoms with Crippen LogP contribution in [-0.2, 0) is 13.0 Å². The van der Waals surface area contributed by atoms with Crippen LogP contribution in [0.15, 0.2) is 41.8 Å². The number of hydrogen-bond acceptors (Lipinski definition) is 6. The fraction of sp³-hybridized carbons (Fsp3) is 0.238. The Bertz CT molecular complexity index is 1090. The number of amides is 1. The molecule has 0 fully saturated rings. The van der Waals surface area contributed by atoms with Gasteiger partial charge in [0.25, 0.3) is 5.91 Å². The Labute approximate surface area is 176 Å². The normalized spacial score (nSPS) is 20.2. The van der Waals surface area contributed by atoms with Gasteiger partial charge in [-0.1, -0.05) is 18.2 Å². The van der Waals surface area contributed by atoms with Gasteiger partial charge in [-0.15, -0.1) is 22.7 Å². The van der Waals surface area contributed by atoms with E-state index in [1.54, 1.807) is 29.5 Å². The molecule has 6 nitrogen and oxygen atoms in total. The first-order chi connectivity index (χ1) is 14.1. The fourth-order valence-electron chi connectivity index (χ4n) is 3.81. The zero-order valence-electron chi connectivity index (χ0n) is 15.8. The summed E-state index contributed by atoms with van der Waals surface area (Å²) in [5.41, 5.74) is 2.83. The van der Waals surface area contributed by atoms with Crippen molar-refractivity contribution in [2.75, 3.05) is 18.9 Å². The van der Waals surface area contributed by atoms with Gasteiger partial charge in [-0.2, -0.15) is 0 Å². The summed E-state index contributed by atoms with van der Waals surface area (Å²) in [6, 6.07) is 10.8. The van der Waals surface area contributed by atoms with Crippen LogP contribution in [0.25, 0.3) is 0 Å². The molecule has 1 amide bonds. The molecular formula is C21H20N3O3S2+. The van der Waals surface area contributed by atoms with E-state index in [4.69, 9.17) is 4.74 Å². The second-order valence-corrected chi connectivity index (χ2v) is 9.38. The number of benzene rings is 1. The van der Waals surface area contributed by atoms with Crippen molar-refractivity contribution in [1.29, 1.82) is 0 Å². The van der Waals surface area contributed by atoms with E-state index in [2.05, 4.69) is 17.7 Å². The van der Waals surface area contributed by atoms with Crippen molar-refractivity contribution in [3.63, 3.8) is 0 Å². The number of likely N-dealkylation sites (N-methyl/N-ethyl adjacent to an activating group) is 1. The summed E-state index contributed by atoms with van der Waals surface area (Å²) in [6.07, 6.45) is 0.571. The Kier molecular flexibility index (Phi) is 4.61. The highest BCUT2D eigenvalue weighted by molar-refractivity contribution is 7.16. The monoisotopic (exact) mass is 426 g/mol. The molecule has 1 unspecified atom stereocenters. The Morgan fingerprint density at radius 3 is 2.97 bits per heavy atom. The first-order valence-corrected chi connectivity index (χ1v) is 11.2. The van der Waals surface area contributed by atoms with Gasteiger partial charge in [0.05, 0.1) is 24.0 Å². The van der Waals surface area contributed by atoms with Gasteiger partial charge in [0, 0.05) is 6.42 Å². The van der Waals surface area contributed by atoms with E-state index in [0.29, 0.717) is 10.6 Å². The quantitative estimate of drug-likeness (QED) is 0.444. The number of esters is 1. The number of rotatable bonds is 3. The van der Waals surface area contributed by atoms with Gasteiger partial charge in [0.15, 0.2) is 0 Å². The highest BCUT2D eigenvalue weighted by Gasteiger charge is 2.34. The van der Waals surface area contributed by atoms with Gasteiger partial charge >= 0.3 is 5.97 Å². The molecule has 0 aliphatic carbocycles. The first-order valence-electron chi connectivity index (χ1n) is 9.47. The predicted molar refractivity (Wildman–Crippen MR) is 113 cm³/mol. The standard InChI is InChI=1S/C21H19N3O3S2/c1-24-8-7-14-16(11-24)29-20-17(14)19(25)22-18(23-20)12-4-2-5-13(10-12)27-21(26)15-6-3-9-28-15/h2-6,9-10,18,23H,7-8,11H2,1H3,(H,22,25)/p+1/t18-/m0/s1. The van der Waals surface area contributed by atoms with Gasteiger partial charge in [0.2, 0.25) is 0 Å². The molecule has 5 rings (SSSR count). The molecule has 0 bridgehead atoms. The highest BCUT2D eigenvalue weighted by atomic mass is 32.1. The van der Waals surface area contributed by atoms with Gasteiger partial charge in [-0.3, -0.25) is 4.79 Å². The van der Waals surface area contributed by atoms with E-state index in [1.165, 1.54) is 26.7 Å². The van der Waals surface area contributed by atoms with E-state index in [1.807, 2.05) is 23.6 Å². The second kappa shape index (κ2) is 7.29. The van der Waals surface area contributed by atoms with Crippen LogP contribution in [0.1, 0.15) is 42.2 Å². The summed E-state index contributed by atoms with van der Waals surface area (Å²) < 4.78 is 5.50. The molecular weight excluding hydrogens is 406 g/mol. The van der Waals surface area contributed by atoms with Gasteiger partial charge in [0.1, 0.15) is 28.3 Å². The third kappa shape index (κ3) is 3.43. The van der Waals surface area contributed by atoms with Gasteiger partial charge < -0.3 is 20.3 Å². The van der Waals surface area contributed by atoms with E-state index in [9.17, 15) is 9.59 Å². The number of carbonyl (C=O) groups excluding carboxylic acids is 2. The van der Waals surface area contributed by atoms with Gasteiger partial charge in [-0.25, -0.2) is 4.79 Å². The number of ether oxygens (including phenoxy) is 1. The van der Waals surface area contributed by atoms with Crippen LogP contribution in [0.2, 0.25) is 0 Å². The molecule has 2 atom stereocenters. The maximum atomic E-state index is 12.9. The maximum Gasteiger partial charge on any atom is 0.353 e. The average molecular weight is 427 g/mol. The van der Waals surface area contributed by atoms with Crippen LogP contribution in [0.4, 0.5) is 5.00 Å². The van der Waals surface area contributed by atoms with Crippen molar-refractivity contribution >= 4 is 39.6 Å². The molecule has 3 N–H and O–H groups in total. The summed E-state index contributed by atoms with van der Waals surface area (Å²) in [5.74, 6) is 0.0397. The summed E-state index contributed by atoms with van der Waals surface area (Å²) in [6.45, 7) is 2.01. The minimum atomic E-state index is -0.377. The molecule has 0 radical (unpaired) electrons. The number of hydrogen-bond donors (Lipinski definition) is 3. The summed E-state index contributed by atoms with van der Waals surface area (Å²) in [7, 11) is 2.18. The van der Waals surface area contributed by atoms with Crippen molar-refractivity contribution in [3.05, 3.63) is 68.2 Å². The van der Waals surface area contributed by atoms with Crippen molar-refractivity contribution in [1.82, 2.24) is 5.32 Å². The van der Waals surface area contributed by atoms with Crippen molar-refractivity contribution in [2.45, 2.75) is 19.1 Å². The Hall–Kier alpha value is -2.68. The third-order valence-electron chi connectivity index (χ3n) is 5.26. The molecule has 1 aromatic carbocycles. The summed E-state index contributed by atoms with van der Waals surface area (Å²) in [4.78, 5) is 28.4. The molecule has 8 heteroatoms. The maximum absolute atomic E-state index is 12.9. The van der Waals surface area contributed by atoms with E-state index in [0.717, 1.165) is 35.6 Å². The van der Waals surface area contributed by atoms with Crippen molar-refractivity contribution in [3.8, 4) is 5.75 Å². The topological polar surface area (TPSA) is 71.9 Å². The first kappa shape index (κ1) is 18.4. The third-order valence-corrected chi connectivity index (χ3v) is 7.27. The predicted octanol–water partition coefficient (Wildman–Crippen LogP) is 2.45. The molecule has 2 aliphatic heterocycles. The van der Waals surface area contributed by atoms with Crippen LogP contribution in [-0.4, -0.2) is 25.5 Å². The Balaban J connectivity index is 1.39. The van der Waals surface area contributed by atoms with Gasteiger partial charge in [-0.05, 0) is 34.7 Å². The van der Waals surface area contributed by atoms with E-state index < -0.39 is 0 Å². The molecule has 2 aliphatic rings. The van der Waals surface area contributed by atoms with E-state index >= 15 is 0 Å². The zero-order chi connectivity index (χ0) is 20.0. The number of carbonyl (C=O) groups is 2. The average Bonchev–Trinajstić information content (AvgIpc) is 3.35. The smallest absolute Gasteiger partial charge is 0.353 e. The SMILES string of the molecule is C[NH+]1CCc2c(sc3c2C(=O)N[C@H](c2cccc(OC(=O)c4cccs4)c2)N3)C1. The van der Waals surface area contributed by atoms with Crippen LogP contribution < -0.4 is 20.3 Å². The lowest BCUT2D eigenvalue weighted by molar-refractivity contribution is -0.895.